The molecule has 3 heteroatoms. The first-order valence-electron chi connectivity index (χ1n) is 7.68. The molecule has 1 heterocycles. The van der Waals surface area contributed by atoms with E-state index in [2.05, 4.69) is 12.2 Å². The zero-order valence-electron chi connectivity index (χ0n) is 12.0. The van der Waals surface area contributed by atoms with Crippen molar-refractivity contribution >= 4 is 5.91 Å². The van der Waals surface area contributed by atoms with Crippen molar-refractivity contribution in [1.29, 1.82) is 0 Å². The lowest BCUT2D eigenvalue weighted by atomic mass is 9.84. The van der Waals surface area contributed by atoms with Crippen molar-refractivity contribution in [3.63, 3.8) is 0 Å². The van der Waals surface area contributed by atoms with Crippen LogP contribution in [-0.2, 0) is 4.79 Å². The molecule has 1 saturated carbocycles. The predicted molar refractivity (Wildman–Crippen MR) is 74.4 cm³/mol. The second-order valence-corrected chi connectivity index (χ2v) is 6.13. The fraction of sp³-hybridized carbons (Fsp3) is 0.933. The van der Waals surface area contributed by atoms with Crippen LogP contribution < -0.4 is 5.32 Å². The first-order valence-corrected chi connectivity index (χ1v) is 7.68. The third kappa shape index (κ3) is 3.71. The first-order chi connectivity index (χ1) is 8.66. The number of nitrogens with zero attached hydrogens (tertiary/aromatic N) is 1. The Hall–Kier alpha value is -0.570. The standard InChI is InChI=1S/C15H28N2O/c1-12(14-6-4-3-5-7-14)16-15-8-10-17(11-9-15)13(2)18/h12,14-16H,3-11H2,1-2H3/t12-/m0/s1. The lowest BCUT2D eigenvalue weighted by molar-refractivity contribution is -0.129. The summed E-state index contributed by atoms with van der Waals surface area (Å²) < 4.78 is 0. The highest BCUT2D eigenvalue weighted by Gasteiger charge is 2.25. The van der Waals surface area contributed by atoms with E-state index in [-0.39, 0.29) is 5.91 Å². The van der Waals surface area contributed by atoms with Crippen molar-refractivity contribution in [2.45, 2.75) is 70.9 Å². The van der Waals surface area contributed by atoms with Crippen molar-refractivity contribution in [3.05, 3.63) is 0 Å². The van der Waals surface area contributed by atoms with Crippen LogP contribution in [0, 0.1) is 5.92 Å². The molecule has 2 aliphatic rings. The molecule has 3 nitrogen and oxygen atoms in total. The van der Waals surface area contributed by atoms with E-state index in [0.29, 0.717) is 12.1 Å². The Morgan fingerprint density at radius 3 is 2.28 bits per heavy atom. The molecule has 0 aromatic carbocycles. The molecule has 0 bridgehead atoms. The van der Waals surface area contributed by atoms with Crippen molar-refractivity contribution in [3.8, 4) is 0 Å². The molecule has 0 aromatic rings. The van der Waals surface area contributed by atoms with E-state index in [9.17, 15) is 4.79 Å². The molecule has 0 spiro atoms. The number of hydrogen-bond donors (Lipinski definition) is 1. The Labute approximate surface area is 111 Å². The molecule has 104 valence electrons. The van der Waals surface area contributed by atoms with E-state index in [1.54, 1.807) is 6.92 Å². The highest BCUT2D eigenvalue weighted by atomic mass is 16.2. The summed E-state index contributed by atoms with van der Waals surface area (Å²) in [5.41, 5.74) is 0. The molecule has 1 saturated heterocycles. The van der Waals surface area contributed by atoms with Crippen molar-refractivity contribution in [2.75, 3.05) is 13.1 Å². The first kappa shape index (κ1) is 13.9. The summed E-state index contributed by atoms with van der Waals surface area (Å²) in [6.45, 7) is 5.90. The number of amides is 1. The summed E-state index contributed by atoms with van der Waals surface area (Å²) in [7, 11) is 0. The molecular weight excluding hydrogens is 224 g/mol. The molecule has 1 aliphatic heterocycles. The van der Waals surface area contributed by atoms with E-state index >= 15 is 0 Å². The maximum atomic E-state index is 11.3. The van der Waals surface area contributed by atoms with Crippen LogP contribution >= 0.6 is 0 Å². The largest absolute Gasteiger partial charge is 0.343 e. The molecule has 1 atom stereocenters. The fourth-order valence-corrected chi connectivity index (χ4v) is 3.50. The number of hydrogen-bond acceptors (Lipinski definition) is 2. The number of likely N-dealkylation sites (tertiary alicyclic amines) is 1. The van der Waals surface area contributed by atoms with Gasteiger partial charge in [-0.15, -0.1) is 0 Å². The van der Waals surface area contributed by atoms with E-state index in [1.807, 2.05) is 4.90 Å². The molecule has 1 amide bonds. The van der Waals surface area contributed by atoms with Crippen LogP contribution in [0.3, 0.4) is 0 Å². The Morgan fingerprint density at radius 2 is 1.72 bits per heavy atom. The van der Waals surface area contributed by atoms with Crippen molar-refractivity contribution in [1.82, 2.24) is 10.2 Å². The van der Waals surface area contributed by atoms with Gasteiger partial charge in [-0.1, -0.05) is 19.3 Å². The van der Waals surface area contributed by atoms with Crippen LogP contribution in [0.25, 0.3) is 0 Å². The van der Waals surface area contributed by atoms with Gasteiger partial charge in [-0.05, 0) is 38.5 Å². The Balaban J connectivity index is 1.71. The van der Waals surface area contributed by atoms with Gasteiger partial charge in [0.05, 0.1) is 0 Å². The van der Waals surface area contributed by atoms with Gasteiger partial charge in [-0.2, -0.15) is 0 Å². The molecule has 1 aliphatic carbocycles. The number of nitrogens with one attached hydrogen (secondary N) is 1. The summed E-state index contributed by atoms with van der Waals surface area (Å²) in [4.78, 5) is 13.3. The minimum atomic E-state index is 0.230. The molecule has 2 fully saturated rings. The lowest BCUT2D eigenvalue weighted by Gasteiger charge is -2.36. The zero-order chi connectivity index (χ0) is 13.0. The minimum Gasteiger partial charge on any atom is -0.343 e. The summed E-state index contributed by atoms with van der Waals surface area (Å²) in [6.07, 6.45) is 9.31. The van der Waals surface area contributed by atoms with Crippen LogP contribution in [0.4, 0.5) is 0 Å². The lowest BCUT2D eigenvalue weighted by Crippen LogP contribution is -2.48. The van der Waals surface area contributed by atoms with E-state index in [4.69, 9.17) is 0 Å². The van der Waals surface area contributed by atoms with Gasteiger partial charge < -0.3 is 10.2 Å². The van der Waals surface area contributed by atoms with Gasteiger partial charge in [0.2, 0.25) is 5.91 Å². The summed E-state index contributed by atoms with van der Waals surface area (Å²) in [5, 5.41) is 3.81. The zero-order valence-corrected chi connectivity index (χ0v) is 12.0. The van der Waals surface area contributed by atoms with Crippen molar-refractivity contribution in [2.24, 2.45) is 5.92 Å². The van der Waals surface area contributed by atoms with E-state index < -0.39 is 0 Å². The predicted octanol–water partition coefficient (Wildman–Crippen LogP) is 2.56. The maximum absolute atomic E-state index is 11.3. The summed E-state index contributed by atoms with van der Waals surface area (Å²) in [6, 6.07) is 1.27. The topological polar surface area (TPSA) is 32.3 Å². The molecular formula is C15H28N2O. The number of carbonyl (C=O) groups excluding carboxylic acids is 1. The van der Waals surface area contributed by atoms with Crippen molar-refractivity contribution < 1.29 is 4.79 Å². The van der Waals surface area contributed by atoms with E-state index in [0.717, 1.165) is 31.8 Å². The normalized spacial score (nSPS) is 25.1. The summed E-state index contributed by atoms with van der Waals surface area (Å²) >= 11 is 0. The summed E-state index contributed by atoms with van der Waals surface area (Å²) in [5.74, 6) is 1.11. The van der Waals surface area contributed by atoms with Crippen LogP contribution in [0.5, 0.6) is 0 Å². The van der Waals surface area contributed by atoms with Crippen LogP contribution in [0.2, 0.25) is 0 Å². The van der Waals surface area contributed by atoms with Gasteiger partial charge >= 0.3 is 0 Å². The average molecular weight is 252 g/mol. The fourth-order valence-electron chi connectivity index (χ4n) is 3.50. The van der Waals surface area contributed by atoms with Crippen LogP contribution in [0.15, 0.2) is 0 Å². The molecule has 18 heavy (non-hydrogen) atoms. The second-order valence-electron chi connectivity index (χ2n) is 6.13. The minimum absolute atomic E-state index is 0.230. The van der Waals surface area contributed by atoms with Gasteiger partial charge in [0, 0.05) is 32.1 Å². The number of rotatable bonds is 3. The molecule has 0 aromatic heterocycles. The average Bonchev–Trinajstić information content (AvgIpc) is 2.40. The quantitative estimate of drug-likeness (QED) is 0.837. The van der Waals surface area contributed by atoms with Crippen LogP contribution in [-0.4, -0.2) is 36.0 Å². The number of piperidine rings is 1. The van der Waals surface area contributed by atoms with E-state index in [1.165, 1.54) is 32.1 Å². The molecule has 1 N–H and O–H groups in total. The molecule has 2 rings (SSSR count). The Morgan fingerprint density at radius 1 is 1.11 bits per heavy atom. The highest BCUT2D eigenvalue weighted by Crippen LogP contribution is 2.27. The van der Waals surface area contributed by atoms with Gasteiger partial charge in [0.1, 0.15) is 0 Å². The third-order valence-corrected chi connectivity index (χ3v) is 4.80. The SMILES string of the molecule is CC(=O)N1CCC(N[C@@H](C)C2CCCCC2)CC1. The molecule has 0 unspecified atom stereocenters. The second kappa shape index (κ2) is 6.55. The monoisotopic (exact) mass is 252 g/mol. The maximum Gasteiger partial charge on any atom is 0.219 e. The van der Waals surface area contributed by atoms with Crippen LogP contribution in [0.1, 0.15) is 58.8 Å². The Kier molecular flexibility index (Phi) is 5.04. The van der Waals surface area contributed by atoms with Gasteiger partial charge in [-0.25, -0.2) is 0 Å². The van der Waals surface area contributed by atoms with Gasteiger partial charge in [-0.3, -0.25) is 4.79 Å². The third-order valence-electron chi connectivity index (χ3n) is 4.80. The van der Waals surface area contributed by atoms with Gasteiger partial charge in [0.25, 0.3) is 0 Å². The smallest absolute Gasteiger partial charge is 0.219 e. The molecule has 0 radical (unpaired) electrons. The van der Waals surface area contributed by atoms with Gasteiger partial charge in [0.15, 0.2) is 0 Å². The Bertz CT molecular complexity index is 266. The highest BCUT2D eigenvalue weighted by molar-refractivity contribution is 5.73. The number of carbonyl (C=O) groups is 1.